The first kappa shape index (κ1) is 18.3. The van der Waals surface area contributed by atoms with Crippen molar-refractivity contribution in [1.82, 2.24) is 9.55 Å². The minimum atomic E-state index is -0.471. The van der Waals surface area contributed by atoms with Crippen LogP contribution in [0, 0.1) is 5.82 Å². The van der Waals surface area contributed by atoms with Gasteiger partial charge in [0.05, 0.1) is 23.7 Å². The lowest BCUT2D eigenvalue weighted by atomic mass is 10.2. The quantitative estimate of drug-likeness (QED) is 0.361. The number of para-hydroxylation sites is 3. The fourth-order valence-electron chi connectivity index (χ4n) is 3.02. The van der Waals surface area contributed by atoms with Gasteiger partial charge in [0.1, 0.15) is 11.6 Å². The van der Waals surface area contributed by atoms with Crippen LogP contribution in [0.3, 0.4) is 0 Å². The SMILES string of the molecule is COc1ccccc1CSc1nc2ccccc2c(=O)n1-c1ccccc1F. The molecule has 4 aromatic rings. The molecule has 3 aromatic carbocycles. The van der Waals surface area contributed by atoms with E-state index in [1.807, 2.05) is 30.3 Å². The summed E-state index contributed by atoms with van der Waals surface area (Å²) in [5.74, 6) is 0.819. The second kappa shape index (κ2) is 7.86. The summed E-state index contributed by atoms with van der Waals surface area (Å²) in [7, 11) is 1.62. The van der Waals surface area contributed by atoms with Gasteiger partial charge in [-0.15, -0.1) is 0 Å². The zero-order valence-electron chi connectivity index (χ0n) is 15.1. The Kier molecular flexibility index (Phi) is 5.12. The number of nitrogens with zero attached hydrogens (tertiary/aromatic N) is 2. The summed E-state index contributed by atoms with van der Waals surface area (Å²) in [5.41, 5.74) is 1.45. The Morgan fingerprint density at radius 3 is 2.54 bits per heavy atom. The fraction of sp³-hybridized carbons (Fsp3) is 0.0909. The zero-order chi connectivity index (χ0) is 19.5. The molecule has 0 N–H and O–H groups in total. The van der Waals surface area contributed by atoms with Crippen molar-refractivity contribution in [2.75, 3.05) is 7.11 Å². The molecule has 0 unspecified atom stereocenters. The minimum Gasteiger partial charge on any atom is -0.496 e. The lowest BCUT2D eigenvalue weighted by molar-refractivity contribution is 0.411. The Bertz CT molecular complexity index is 1210. The van der Waals surface area contributed by atoms with Gasteiger partial charge in [-0.1, -0.05) is 54.2 Å². The third-order valence-electron chi connectivity index (χ3n) is 4.39. The van der Waals surface area contributed by atoms with Gasteiger partial charge in [0.15, 0.2) is 5.16 Å². The van der Waals surface area contributed by atoms with Gasteiger partial charge in [0.25, 0.3) is 5.56 Å². The minimum absolute atomic E-state index is 0.188. The van der Waals surface area contributed by atoms with Crippen LogP contribution in [0.5, 0.6) is 5.75 Å². The van der Waals surface area contributed by atoms with E-state index in [4.69, 9.17) is 4.74 Å². The number of benzene rings is 3. The summed E-state index contributed by atoms with van der Waals surface area (Å²) in [6.45, 7) is 0. The third kappa shape index (κ3) is 3.39. The van der Waals surface area contributed by atoms with Gasteiger partial charge in [-0.05, 0) is 30.3 Å². The van der Waals surface area contributed by atoms with Crippen LogP contribution in [0.25, 0.3) is 16.6 Å². The van der Waals surface area contributed by atoms with Crippen molar-refractivity contribution in [3.63, 3.8) is 0 Å². The van der Waals surface area contributed by atoms with E-state index in [1.54, 1.807) is 43.5 Å². The van der Waals surface area contributed by atoms with Gasteiger partial charge in [-0.2, -0.15) is 0 Å². The lowest BCUT2D eigenvalue weighted by Gasteiger charge is -2.14. The molecule has 1 aromatic heterocycles. The number of methoxy groups -OCH3 is 1. The van der Waals surface area contributed by atoms with Gasteiger partial charge >= 0.3 is 0 Å². The first-order chi connectivity index (χ1) is 13.7. The molecule has 0 aliphatic rings. The fourth-order valence-corrected chi connectivity index (χ4v) is 4.02. The van der Waals surface area contributed by atoms with Crippen molar-refractivity contribution >= 4 is 22.7 Å². The molecule has 0 saturated heterocycles. The molecule has 0 saturated carbocycles. The number of aromatic nitrogens is 2. The molecule has 140 valence electrons. The van der Waals surface area contributed by atoms with E-state index in [1.165, 1.54) is 22.4 Å². The summed E-state index contributed by atoms with van der Waals surface area (Å²) in [6.07, 6.45) is 0. The molecule has 0 radical (unpaired) electrons. The van der Waals surface area contributed by atoms with Crippen LogP contribution < -0.4 is 10.3 Å². The topological polar surface area (TPSA) is 44.1 Å². The number of thioether (sulfide) groups is 1. The lowest BCUT2D eigenvalue weighted by Crippen LogP contribution is -2.22. The second-order valence-corrected chi connectivity index (χ2v) is 7.05. The predicted molar refractivity (Wildman–Crippen MR) is 110 cm³/mol. The first-order valence-electron chi connectivity index (χ1n) is 8.70. The van der Waals surface area contributed by atoms with Gasteiger partial charge in [-0.25, -0.2) is 9.37 Å². The van der Waals surface area contributed by atoms with E-state index in [-0.39, 0.29) is 11.2 Å². The maximum Gasteiger partial charge on any atom is 0.266 e. The summed E-state index contributed by atoms with van der Waals surface area (Å²) in [5, 5.41) is 0.882. The van der Waals surface area contributed by atoms with Crippen molar-refractivity contribution in [3.8, 4) is 11.4 Å². The van der Waals surface area contributed by atoms with Crippen molar-refractivity contribution in [1.29, 1.82) is 0 Å². The molecular formula is C22H17FN2O2S. The van der Waals surface area contributed by atoms with E-state index in [9.17, 15) is 9.18 Å². The van der Waals surface area contributed by atoms with Gasteiger partial charge in [0, 0.05) is 11.3 Å². The molecule has 28 heavy (non-hydrogen) atoms. The Morgan fingerprint density at radius 2 is 1.71 bits per heavy atom. The predicted octanol–water partition coefficient (Wildman–Crippen LogP) is 4.83. The van der Waals surface area contributed by atoms with Crippen LogP contribution in [0.2, 0.25) is 0 Å². The molecule has 0 amide bonds. The van der Waals surface area contributed by atoms with E-state index in [0.717, 1.165) is 11.3 Å². The zero-order valence-corrected chi connectivity index (χ0v) is 15.9. The second-order valence-electron chi connectivity index (χ2n) is 6.10. The molecule has 0 atom stereocenters. The highest BCUT2D eigenvalue weighted by Gasteiger charge is 2.16. The Hall–Kier alpha value is -3.12. The Labute approximate surface area is 165 Å². The van der Waals surface area contributed by atoms with E-state index < -0.39 is 5.82 Å². The Balaban J connectivity index is 1.86. The number of hydrogen-bond donors (Lipinski definition) is 0. The number of halogens is 1. The van der Waals surface area contributed by atoms with Crippen molar-refractivity contribution < 1.29 is 9.13 Å². The maximum atomic E-state index is 14.5. The molecule has 0 spiro atoms. The van der Waals surface area contributed by atoms with Crippen molar-refractivity contribution in [2.24, 2.45) is 0 Å². The summed E-state index contributed by atoms with van der Waals surface area (Å²) in [4.78, 5) is 17.8. The number of hydrogen-bond acceptors (Lipinski definition) is 4. The number of fused-ring (bicyclic) bond motifs is 1. The highest BCUT2D eigenvalue weighted by atomic mass is 32.2. The van der Waals surface area contributed by atoms with Crippen molar-refractivity contribution in [3.05, 3.63) is 94.5 Å². The molecule has 6 heteroatoms. The molecule has 0 bridgehead atoms. The average Bonchev–Trinajstić information content (AvgIpc) is 2.73. The molecule has 4 nitrogen and oxygen atoms in total. The third-order valence-corrected chi connectivity index (χ3v) is 5.37. The van der Waals surface area contributed by atoms with Crippen LogP contribution >= 0.6 is 11.8 Å². The summed E-state index contributed by atoms with van der Waals surface area (Å²) in [6, 6.07) is 21.0. The smallest absolute Gasteiger partial charge is 0.266 e. The summed E-state index contributed by atoms with van der Waals surface area (Å²) >= 11 is 1.37. The van der Waals surface area contributed by atoms with Crippen LogP contribution in [0.15, 0.2) is 82.7 Å². The van der Waals surface area contributed by atoms with E-state index in [0.29, 0.717) is 21.8 Å². The first-order valence-corrected chi connectivity index (χ1v) is 9.69. The standard InChI is InChI=1S/C22H17FN2O2S/c1-27-20-13-7-2-8-15(20)14-28-22-24-18-11-5-3-9-16(18)21(26)25(22)19-12-6-4-10-17(19)23/h2-13H,14H2,1H3. The molecule has 0 aliphatic carbocycles. The maximum absolute atomic E-state index is 14.5. The number of rotatable bonds is 5. The highest BCUT2D eigenvalue weighted by molar-refractivity contribution is 7.98. The van der Waals surface area contributed by atoms with E-state index >= 15 is 0 Å². The largest absolute Gasteiger partial charge is 0.496 e. The normalized spacial score (nSPS) is 10.9. The van der Waals surface area contributed by atoms with Crippen LogP contribution in [0.1, 0.15) is 5.56 Å². The van der Waals surface area contributed by atoms with Gasteiger partial charge in [-0.3, -0.25) is 9.36 Å². The van der Waals surface area contributed by atoms with Crippen LogP contribution in [-0.2, 0) is 5.75 Å². The molecule has 1 heterocycles. The molecular weight excluding hydrogens is 375 g/mol. The molecule has 0 fully saturated rings. The molecule has 0 aliphatic heterocycles. The monoisotopic (exact) mass is 392 g/mol. The van der Waals surface area contributed by atoms with Gasteiger partial charge < -0.3 is 4.74 Å². The summed E-state index contributed by atoms with van der Waals surface area (Å²) < 4.78 is 21.2. The number of ether oxygens (including phenoxy) is 1. The highest BCUT2D eigenvalue weighted by Crippen LogP contribution is 2.29. The van der Waals surface area contributed by atoms with Crippen LogP contribution in [0.4, 0.5) is 4.39 Å². The average molecular weight is 392 g/mol. The Morgan fingerprint density at radius 1 is 1.00 bits per heavy atom. The molecule has 4 rings (SSSR count). The van der Waals surface area contributed by atoms with E-state index in [2.05, 4.69) is 4.98 Å². The van der Waals surface area contributed by atoms with Crippen LogP contribution in [-0.4, -0.2) is 16.7 Å². The van der Waals surface area contributed by atoms with Gasteiger partial charge in [0.2, 0.25) is 0 Å². The van der Waals surface area contributed by atoms with Crippen molar-refractivity contribution in [2.45, 2.75) is 10.9 Å².